The van der Waals surface area contributed by atoms with Gasteiger partial charge in [0.15, 0.2) is 0 Å². The van der Waals surface area contributed by atoms with Crippen LogP contribution in [0.1, 0.15) is 0 Å². The largest absolute Gasteiger partial charge is 0.437 e. The van der Waals surface area contributed by atoms with E-state index in [-0.39, 0.29) is 0 Å². The Morgan fingerprint density at radius 1 is 1.06 bits per heavy atom. The predicted molar refractivity (Wildman–Crippen MR) is 75.7 cm³/mol. The maximum atomic E-state index is 6.05. The van der Waals surface area contributed by atoms with Crippen molar-refractivity contribution >= 4 is 33.0 Å². The number of hydrogen-bond donors (Lipinski definition) is 0. The summed E-state index contributed by atoms with van der Waals surface area (Å²) in [4.78, 5) is 0. The highest BCUT2D eigenvalue weighted by atomic mass is 28.5. The average Bonchev–Trinajstić information content (AvgIpc) is 2.27. The highest BCUT2D eigenvalue weighted by Gasteiger charge is 2.45. The van der Waals surface area contributed by atoms with Crippen LogP contribution in [0.15, 0.2) is 30.3 Å². The molecule has 1 aliphatic rings. The van der Waals surface area contributed by atoms with E-state index in [1.807, 2.05) is 18.2 Å². The van der Waals surface area contributed by atoms with Crippen molar-refractivity contribution in [1.82, 2.24) is 0 Å². The summed E-state index contributed by atoms with van der Waals surface area (Å²) in [6.07, 6.45) is 0. The first-order valence-corrected chi connectivity index (χ1v) is 12.3. The molecule has 0 N–H and O–H groups in total. The zero-order valence-electron chi connectivity index (χ0n) is 10.7. The molecule has 0 spiro atoms. The van der Waals surface area contributed by atoms with Gasteiger partial charge in [-0.15, -0.1) is 0 Å². The van der Waals surface area contributed by atoms with E-state index in [0.717, 1.165) is 5.69 Å². The molecule has 1 aliphatic heterocycles. The lowest BCUT2D eigenvalue weighted by Gasteiger charge is -2.43. The number of anilines is 1. The van der Waals surface area contributed by atoms with Crippen LogP contribution in [0.3, 0.4) is 0 Å². The van der Waals surface area contributed by atoms with Gasteiger partial charge in [0.05, 0.1) is 0 Å². The van der Waals surface area contributed by atoms with Crippen molar-refractivity contribution in [2.24, 2.45) is 0 Å². The van der Waals surface area contributed by atoms with E-state index in [4.69, 9.17) is 12.3 Å². The maximum Gasteiger partial charge on any atom is 0.437 e. The summed E-state index contributed by atoms with van der Waals surface area (Å²) in [5.74, 6) is 0. The number of hydrogen-bond acceptors (Lipinski definition) is 4. The standard InChI is InChI=1S/C10H19NO3Si3/c1-11(10-8-6-5-7-9-10)17(4)13-15(2)12-16(3)14-17/h5-9,15-16H,1-4H3. The molecule has 4 nitrogen and oxygen atoms in total. The van der Waals surface area contributed by atoms with Crippen molar-refractivity contribution < 1.29 is 12.3 Å². The van der Waals surface area contributed by atoms with Crippen molar-refractivity contribution in [3.05, 3.63) is 30.3 Å². The Morgan fingerprint density at radius 2 is 1.59 bits per heavy atom. The Bertz CT molecular complexity index is 368. The van der Waals surface area contributed by atoms with Gasteiger partial charge in [0.25, 0.3) is 0 Å². The fraction of sp³-hybridized carbons (Fsp3) is 0.400. The second kappa shape index (κ2) is 5.04. The van der Waals surface area contributed by atoms with Crippen LogP contribution in [-0.2, 0) is 12.3 Å². The molecule has 2 atom stereocenters. The van der Waals surface area contributed by atoms with Gasteiger partial charge in [-0.1, -0.05) is 18.2 Å². The van der Waals surface area contributed by atoms with E-state index in [1.54, 1.807) is 0 Å². The van der Waals surface area contributed by atoms with Gasteiger partial charge in [-0.05, 0) is 31.8 Å². The molecule has 0 bridgehead atoms. The monoisotopic (exact) mass is 285 g/mol. The molecule has 0 amide bonds. The molecule has 1 aromatic carbocycles. The lowest BCUT2D eigenvalue weighted by molar-refractivity contribution is 0.267. The van der Waals surface area contributed by atoms with Gasteiger partial charge < -0.3 is 16.9 Å². The summed E-state index contributed by atoms with van der Waals surface area (Å²) in [6.45, 7) is 6.27. The molecule has 0 aromatic heterocycles. The maximum absolute atomic E-state index is 6.05. The predicted octanol–water partition coefficient (Wildman–Crippen LogP) is 1.46. The summed E-state index contributed by atoms with van der Waals surface area (Å²) in [7, 11) is -3.22. The van der Waals surface area contributed by atoms with Gasteiger partial charge in [0.1, 0.15) is 0 Å². The summed E-state index contributed by atoms with van der Waals surface area (Å²) in [6, 6.07) is 10.2. The lowest BCUT2D eigenvalue weighted by atomic mass is 10.3. The highest BCUT2D eigenvalue weighted by Crippen LogP contribution is 2.25. The molecule has 0 radical (unpaired) electrons. The smallest absolute Gasteiger partial charge is 0.420 e. The molecule has 2 unspecified atom stereocenters. The third-order valence-electron chi connectivity index (χ3n) is 2.91. The van der Waals surface area contributed by atoms with Crippen molar-refractivity contribution in [3.63, 3.8) is 0 Å². The Morgan fingerprint density at radius 3 is 2.12 bits per heavy atom. The Labute approximate surface area is 107 Å². The minimum atomic E-state index is -2.28. The zero-order valence-corrected chi connectivity index (χ0v) is 14.0. The number of para-hydroxylation sites is 1. The Kier molecular flexibility index (Phi) is 3.85. The van der Waals surface area contributed by atoms with E-state index in [0.29, 0.717) is 0 Å². The number of rotatable bonds is 2. The average molecular weight is 286 g/mol. The molecule has 0 saturated carbocycles. The van der Waals surface area contributed by atoms with Gasteiger partial charge in [0.2, 0.25) is 0 Å². The van der Waals surface area contributed by atoms with Crippen LogP contribution in [0.25, 0.3) is 0 Å². The van der Waals surface area contributed by atoms with Crippen LogP contribution in [0.5, 0.6) is 0 Å². The van der Waals surface area contributed by atoms with Gasteiger partial charge in [-0.2, -0.15) is 0 Å². The molecule has 7 heteroatoms. The molecule has 1 saturated heterocycles. The molecule has 2 rings (SSSR count). The topological polar surface area (TPSA) is 30.9 Å². The minimum Gasteiger partial charge on any atom is -0.420 e. The summed E-state index contributed by atoms with van der Waals surface area (Å²) in [5, 5.41) is 0. The summed E-state index contributed by atoms with van der Waals surface area (Å²) < 4.78 is 20.0. The highest BCUT2D eigenvalue weighted by molar-refractivity contribution is 6.84. The second-order valence-corrected chi connectivity index (χ2v) is 12.0. The number of benzene rings is 1. The van der Waals surface area contributed by atoms with Gasteiger partial charge in [-0.25, -0.2) is 0 Å². The molecule has 1 fully saturated rings. The van der Waals surface area contributed by atoms with E-state index in [2.05, 4.69) is 43.4 Å². The van der Waals surface area contributed by atoms with Crippen molar-refractivity contribution in [2.45, 2.75) is 19.6 Å². The van der Waals surface area contributed by atoms with E-state index < -0.39 is 27.3 Å². The van der Waals surface area contributed by atoms with Crippen LogP contribution < -0.4 is 4.57 Å². The van der Waals surface area contributed by atoms with E-state index >= 15 is 0 Å². The zero-order chi connectivity index (χ0) is 12.5. The second-order valence-electron chi connectivity index (χ2n) is 4.30. The van der Waals surface area contributed by atoms with Crippen molar-refractivity contribution in [2.75, 3.05) is 11.6 Å². The quantitative estimate of drug-likeness (QED) is 0.770. The molecule has 1 heterocycles. The first-order valence-electron chi connectivity index (χ1n) is 5.81. The number of nitrogens with zero attached hydrogens (tertiary/aromatic N) is 1. The van der Waals surface area contributed by atoms with Crippen molar-refractivity contribution in [1.29, 1.82) is 0 Å². The van der Waals surface area contributed by atoms with Gasteiger partial charge >= 0.3 is 27.3 Å². The SMILES string of the molecule is CN(c1ccccc1)[Si]1(C)O[SiH](C)O[SiH](C)O1. The van der Waals surface area contributed by atoms with Gasteiger partial charge in [0, 0.05) is 12.7 Å². The fourth-order valence-electron chi connectivity index (χ4n) is 2.01. The fourth-order valence-corrected chi connectivity index (χ4v) is 13.1. The lowest BCUT2D eigenvalue weighted by Crippen LogP contribution is -2.64. The van der Waals surface area contributed by atoms with Crippen LogP contribution in [0.2, 0.25) is 19.6 Å². The van der Waals surface area contributed by atoms with Crippen molar-refractivity contribution in [3.8, 4) is 0 Å². The molecule has 1 aromatic rings. The molecular formula is C10H19NO3Si3. The first kappa shape index (κ1) is 13.0. The normalized spacial score (nSPS) is 33.4. The summed E-state index contributed by atoms with van der Waals surface area (Å²) >= 11 is 0. The third-order valence-corrected chi connectivity index (χ3v) is 13.6. The van der Waals surface area contributed by atoms with Crippen LogP contribution in [0.4, 0.5) is 5.69 Å². The van der Waals surface area contributed by atoms with Crippen LogP contribution >= 0.6 is 0 Å². The molecule has 17 heavy (non-hydrogen) atoms. The molecular weight excluding hydrogens is 266 g/mol. The first-order chi connectivity index (χ1) is 8.01. The third kappa shape index (κ3) is 2.87. The van der Waals surface area contributed by atoms with E-state index in [1.165, 1.54) is 0 Å². The van der Waals surface area contributed by atoms with Crippen LogP contribution in [0, 0.1) is 0 Å². The van der Waals surface area contributed by atoms with E-state index in [9.17, 15) is 0 Å². The minimum absolute atomic E-state index is 1.14. The Balaban J connectivity index is 2.20. The van der Waals surface area contributed by atoms with Gasteiger partial charge in [-0.3, -0.25) is 0 Å². The van der Waals surface area contributed by atoms with Crippen LogP contribution in [-0.4, -0.2) is 34.3 Å². The molecule has 0 aliphatic carbocycles. The Hall–Kier alpha value is -0.449. The molecule has 94 valence electrons. The summed E-state index contributed by atoms with van der Waals surface area (Å²) in [5.41, 5.74) is 1.14.